The molecule has 1 amide bonds. The van der Waals surface area contributed by atoms with Crippen molar-refractivity contribution in [3.8, 4) is 0 Å². The first kappa shape index (κ1) is 78.3. The predicted octanol–water partition coefficient (Wildman–Crippen LogP) is 23.7. The molecule has 0 aromatic heterocycles. The molecule has 80 heavy (non-hydrogen) atoms. The van der Waals surface area contributed by atoms with Gasteiger partial charge in [0.05, 0.1) is 25.4 Å². The third-order valence-electron chi connectivity index (χ3n) is 17.2. The van der Waals surface area contributed by atoms with Crippen LogP contribution in [0.5, 0.6) is 0 Å². The Hall–Kier alpha value is -1.66. The highest BCUT2D eigenvalue weighted by Crippen LogP contribution is 2.19. The van der Waals surface area contributed by atoms with E-state index >= 15 is 0 Å². The van der Waals surface area contributed by atoms with Gasteiger partial charge in [-0.25, -0.2) is 0 Å². The van der Waals surface area contributed by atoms with E-state index in [1.54, 1.807) is 0 Å². The molecule has 0 rings (SSSR count). The van der Waals surface area contributed by atoms with Crippen LogP contribution in [0.25, 0.3) is 0 Å². The number of hydrogen-bond acceptors (Lipinski definition) is 5. The molecule has 474 valence electrons. The molecule has 0 saturated heterocycles. The van der Waals surface area contributed by atoms with Gasteiger partial charge >= 0.3 is 5.97 Å². The quantitative estimate of drug-likeness (QED) is 0.0320. The highest BCUT2D eigenvalue weighted by Gasteiger charge is 2.20. The van der Waals surface area contributed by atoms with E-state index in [0.717, 1.165) is 44.9 Å². The maximum absolute atomic E-state index is 12.6. The van der Waals surface area contributed by atoms with E-state index in [-0.39, 0.29) is 18.5 Å². The average Bonchev–Trinajstić information content (AvgIpc) is 3.46. The number of allylic oxidation sites excluding steroid dienone is 4. The number of aliphatic hydroxyl groups excluding tert-OH is 2. The van der Waals surface area contributed by atoms with E-state index in [1.807, 2.05) is 0 Å². The first-order chi connectivity index (χ1) is 39.5. The molecule has 0 aromatic carbocycles. The molecule has 0 aliphatic rings. The van der Waals surface area contributed by atoms with Gasteiger partial charge in [-0.05, 0) is 77.0 Å². The van der Waals surface area contributed by atoms with Gasteiger partial charge < -0.3 is 20.3 Å². The lowest BCUT2D eigenvalue weighted by atomic mass is 10.0. The Morgan fingerprint density at radius 2 is 0.588 bits per heavy atom. The summed E-state index contributed by atoms with van der Waals surface area (Å²) in [5, 5.41) is 23.4. The summed E-state index contributed by atoms with van der Waals surface area (Å²) in [4.78, 5) is 24.7. The van der Waals surface area contributed by atoms with Gasteiger partial charge in [0.25, 0.3) is 0 Å². The molecule has 0 spiro atoms. The number of nitrogens with one attached hydrogen (secondary N) is 1. The molecule has 6 heteroatoms. The maximum Gasteiger partial charge on any atom is 0.305 e. The van der Waals surface area contributed by atoms with Gasteiger partial charge in [0, 0.05) is 12.8 Å². The van der Waals surface area contributed by atoms with Gasteiger partial charge in [0.1, 0.15) is 0 Å². The summed E-state index contributed by atoms with van der Waals surface area (Å²) in [6.45, 7) is 4.99. The van der Waals surface area contributed by atoms with Gasteiger partial charge in [0.2, 0.25) is 5.91 Å². The van der Waals surface area contributed by atoms with Crippen molar-refractivity contribution in [2.24, 2.45) is 0 Å². The molecule has 0 aliphatic carbocycles. The lowest BCUT2D eigenvalue weighted by molar-refractivity contribution is -0.143. The van der Waals surface area contributed by atoms with Crippen molar-refractivity contribution in [1.29, 1.82) is 0 Å². The molecule has 6 nitrogen and oxygen atoms in total. The van der Waals surface area contributed by atoms with E-state index in [9.17, 15) is 19.8 Å². The first-order valence-electron chi connectivity index (χ1n) is 36.6. The Kier molecular flexibility index (Phi) is 68.4. The minimum atomic E-state index is -0.670. The van der Waals surface area contributed by atoms with Crippen molar-refractivity contribution >= 4 is 11.9 Å². The number of carbonyl (C=O) groups is 2. The standard InChI is InChI=1S/C74H143NO5/c1-3-5-7-9-11-13-15-17-19-21-23-24-28-31-34-38-42-46-50-54-58-62-66-72(77)71(70-76)75-73(78)67-63-59-55-51-47-43-39-35-32-29-26-25-27-30-33-37-41-45-49-53-57-61-65-69-80-74(79)68-64-60-56-52-48-44-40-36-22-20-18-16-14-12-10-8-6-4-2/h20,22,29,32,71-72,76-77H,3-19,21,23-28,30-31,33-70H2,1-2H3,(H,75,78)/b22-20-,32-29-. The maximum atomic E-state index is 12.6. The fourth-order valence-corrected chi connectivity index (χ4v) is 11.6. The van der Waals surface area contributed by atoms with Crippen LogP contribution < -0.4 is 5.32 Å². The van der Waals surface area contributed by atoms with Gasteiger partial charge in [-0.3, -0.25) is 9.59 Å². The van der Waals surface area contributed by atoms with E-state index in [0.29, 0.717) is 25.9 Å². The second kappa shape index (κ2) is 69.8. The molecule has 2 unspecified atom stereocenters. The summed E-state index contributed by atoms with van der Waals surface area (Å²) in [5.41, 5.74) is 0. The van der Waals surface area contributed by atoms with Crippen LogP contribution in [0.1, 0.15) is 412 Å². The third-order valence-corrected chi connectivity index (χ3v) is 17.2. The van der Waals surface area contributed by atoms with Crippen LogP contribution >= 0.6 is 0 Å². The monoisotopic (exact) mass is 1130 g/mol. The van der Waals surface area contributed by atoms with E-state index in [1.165, 1.54) is 334 Å². The number of esters is 1. The number of amides is 1. The van der Waals surface area contributed by atoms with Crippen LogP contribution in [0.15, 0.2) is 24.3 Å². The van der Waals surface area contributed by atoms with E-state index < -0.39 is 12.1 Å². The van der Waals surface area contributed by atoms with Crippen molar-refractivity contribution in [2.45, 2.75) is 424 Å². The number of ether oxygens (including phenoxy) is 1. The van der Waals surface area contributed by atoms with Crippen LogP contribution in [0.4, 0.5) is 0 Å². The van der Waals surface area contributed by atoms with Crippen LogP contribution in [0.2, 0.25) is 0 Å². The molecule has 0 aliphatic heterocycles. The molecular weight excluding hydrogens is 983 g/mol. The molecule has 2 atom stereocenters. The Morgan fingerprint density at radius 1 is 0.338 bits per heavy atom. The molecule has 0 heterocycles. The highest BCUT2D eigenvalue weighted by molar-refractivity contribution is 5.76. The third kappa shape index (κ3) is 65.5. The lowest BCUT2D eigenvalue weighted by Crippen LogP contribution is -2.45. The molecule has 0 saturated carbocycles. The van der Waals surface area contributed by atoms with Crippen LogP contribution in [-0.4, -0.2) is 47.4 Å². The van der Waals surface area contributed by atoms with Gasteiger partial charge in [-0.15, -0.1) is 0 Å². The molecule has 3 N–H and O–H groups in total. The van der Waals surface area contributed by atoms with Crippen LogP contribution in [-0.2, 0) is 14.3 Å². The SMILES string of the molecule is CCCCCCCCC/C=C\CCCCCCCCCC(=O)OCCCCCCCCCCCCCC/C=C\CCCCCCCCCC(=O)NC(CO)C(O)CCCCCCCCCCCCCCCCCCCCCCCC. The average molecular weight is 1130 g/mol. The summed E-state index contributed by atoms with van der Waals surface area (Å²) in [6, 6.07) is -0.547. The lowest BCUT2D eigenvalue weighted by Gasteiger charge is -2.22. The summed E-state index contributed by atoms with van der Waals surface area (Å²) < 4.78 is 5.50. The molecule has 0 bridgehead atoms. The molecule has 0 aromatic rings. The molecule has 0 radical (unpaired) electrons. The molecule has 0 fully saturated rings. The van der Waals surface area contributed by atoms with Crippen molar-refractivity contribution in [3.63, 3.8) is 0 Å². The number of hydrogen-bond donors (Lipinski definition) is 3. The summed E-state index contributed by atoms with van der Waals surface area (Å²) in [7, 11) is 0. The number of unbranched alkanes of at least 4 members (excludes halogenated alkanes) is 54. The van der Waals surface area contributed by atoms with Gasteiger partial charge in [0.15, 0.2) is 0 Å². The topological polar surface area (TPSA) is 95.9 Å². The largest absolute Gasteiger partial charge is 0.466 e. The van der Waals surface area contributed by atoms with Crippen molar-refractivity contribution < 1.29 is 24.5 Å². The van der Waals surface area contributed by atoms with Crippen molar-refractivity contribution in [3.05, 3.63) is 24.3 Å². The second-order valence-electron chi connectivity index (χ2n) is 25.3. The Bertz CT molecular complexity index is 1250. The van der Waals surface area contributed by atoms with Crippen LogP contribution in [0.3, 0.4) is 0 Å². The zero-order chi connectivity index (χ0) is 57.8. The zero-order valence-corrected chi connectivity index (χ0v) is 54.3. The fraction of sp³-hybridized carbons (Fsp3) is 0.919. The van der Waals surface area contributed by atoms with E-state index in [4.69, 9.17) is 4.74 Å². The Balaban J connectivity index is 3.40. The van der Waals surface area contributed by atoms with Crippen LogP contribution in [0, 0.1) is 0 Å². The highest BCUT2D eigenvalue weighted by atomic mass is 16.5. The normalized spacial score (nSPS) is 12.6. The predicted molar refractivity (Wildman–Crippen MR) is 352 cm³/mol. The number of rotatable bonds is 69. The van der Waals surface area contributed by atoms with E-state index in [2.05, 4.69) is 43.5 Å². The van der Waals surface area contributed by atoms with Gasteiger partial charge in [-0.1, -0.05) is 346 Å². The molecular formula is C74H143NO5. The minimum absolute atomic E-state index is 0.00971. The van der Waals surface area contributed by atoms with Gasteiger partial charge in [-0.2, -0.15) is 0 Å². The summed E-state index contributed by atoms with van der Waals surface area (Å²) >= 11 is 0. The fourth-order valence-electron chi connectivity index (χ4n) is 11.6. The number of aliphatic hydroxyl groups is 2. The minimum Gasteiger partial charge on any atom is -0.466 e. The smallest absolute Gasteiger partial charge is 0.305 e. The number of carbonyl (C=O) groups excluding carboxylic acids is 2. The second-order valence-corrected chi connectivity index (χ2v) is 25.3. The van der Waals surface area contributed by atoms with Crippen molar-refractivity contribution in [2.75, 3.05) is 13.2 Å². The zero-order valence-electron chi connectivity index (χ0n) is 54.3. The summed E-state index contributed by atoms with van der Waals surface area (Å²) in [5.74, 6) is -0.0270. The Morgan fingerprint density at radius 3 is 0.887 bits per heavy atom. The van der Waals surface area contributed by atoms with Crippen molar-refractivity contribution in [1.82, 2.24) is 5.32 Å². The summed E-state index contributed by atoms with van der Waals surface area (Å²) in [6.07, 6.45) is 88.0. The first-order valence-corrected chi connectivity index (χ1v) is 36.6. The Labute approximate surface area is 501 Å².